The Hall–Kier alpha value is -3.24. The highest BCUT2D eigenvalue weighted by Crippen LogP contribution is 2.37. The number of ether oxygens (including phenoxy) is 1. The van der Waals surface area contributed by atoms with E-state index >= 15 is 0 Å². The number of hydrogen-bond acceptors (Lipinski definition) is 4. The summed E-state index contributed by atoms with van der Waals surface area (Å²) in [5.41, 5.74) is 2.96. The molecule has 4 rings (SSSR count). The van der Waals surface area contributed by atoms with Crippen LogP contribution in [0, 0.1) is 5.92 Å². The summed E-state index contributed by atoms with van der Waals surface area (Å²) in [7, 11) is 0. The third-order valence-corrected chi connectivity index (χ3v) is 5.72. The number of hydrogen-bond donors (Lipinski definition) is 0. The quantitative estimate of drug-likeness (QED) is 0.437. The molecule has 3 aromatic rings. The smallest absolute Gasteiger partial charge is 0.328 e. The van der Waals surface area contributed by atoms with Crippen molar-refractivity contribution in [3.63, 3.8) is 0 Å². The molecular formula is C26H25NO3. The molecule has 3 aromatic carbocycles. The van der Waals surface area contributed by atoms with Gasteiger partial charge in [-0.1, -0.05) is 91.0 Å². The fourth-order valence-electron chi connectivity index (χ4n) is 4.20. The highest BCUT2D eigenvalue weighted by Gasteiger charge is 2.40. The van der Waals surface area contributed by atoms with Gasteiger partial charge in [0.2, 0.25) is 0 Å². The van der Waals surface area contributed by atoms with Crippen LogP contribution < -0.4 is 0 Å². The fourth-order valence-corrected chi connectivity index (χ4v) is 4.20. The molecule has 1 heterocycles. The molecule has 0 amide bonds. The van der Waals surface area contributed by atoms with Crippen molar-refractivity contribution in [3.8, 4) is 0 Å². The average molecular weight is 399 g/mol. The van der Waals surface area contributed by atoms with Crippen molar-refractivity contribution < 1.29 is 14.3 Å². The fraction of sp³-hybridized carbons (Fsp3) is 0.231. The molecule has 1 aliphatic heterocycles. The molecule has 0 radical (unpaired) electrons. The largest absolute Gasteiger partial charge is 0.459 e. The van der Waals surface area contributed by atoms with Gasteiger partial charge in [-0.15, -0.1) is 0 Å². The average Bonchev–Trinajstić information content (AvgIpc) is 3.24. The molecule has 0 unspecified atom stereocenters. The summed E-state index contributed by atoms with van der Waals surface area (Å²) in [4.78, 5) is 27.1. The van der Waals surface area contributed by atoms with Gasteiger partial charge in [-0.3, -0.25) is 4.90 Å². The lowest BCUT2D eigenvalue weighted by Crippen LogP contribution is -2.34. The molecule has 1 aliphatic rings. The van der Waals surface area contributed by atoms with E-state index in [1.807, 2.05) is 78.9 Å². The Morgan fingerprint density at radius 2 is 1.50 bits per heavy atom. The maximum atomic E-state index is 13.2. The molecule has 0 N–H and O–H groups in total. The number of likely N-dealkylation sites (tertiary alicyclic amines) is 1. The van der Waals surface area contributed by atoms with E-state index in [0.29, 0.717) is 13.1 Å². The molecule has 0 bridgehead atoms. The first-order valence-corrected chi connectivity index (χ1v) is 10.3. The normalized spacial score (nSPS) is 19.9. The van der Waals surface area contributed by atoms with Crippen molar-refractivity contribution in [2.24, 2.45) is 5.92 Å². The van der Waals surface area contributed by atoms with Crippen molar-refractivity contribution >= 4 is 12.3 Å². The monoisotopic (exact) mass is 399 g/mol. The van der Waals surface area contributed by atoms with Crippen molar-refractivity contribution in [1.82, 2.24) is 4.90 Å². The number of rotatable bonds is 7. The lowest BCUT2D eigenvalue weighted by molar-refractivity contribution is -0.151. The molecule has 0 saturated carbocycles. The molecule has 3 atom stereocenters. The second-order valence-electron chi connectivity index (χ2n) is 7.68. The summed E-state index contributed by atoms with van der Waals surface area (Å²) in [6.45, 7) is 1.40. The van der Waals surface area contributed by atoms with Crippen LogP contribution in [0.5, 0.6) is 0 Å². The van der Waals surface area contributed by atoms with Crippen LogP contribution in [-0.2, 0) is 20.9 Å². The number of esters is 1. The number of benzene rings is 3. The SMILES string of the molecule is O=C[C@H]1CN([C@@H](C(=O)OCc2ccccc2)c2ccccc2)C[C@@H]1c1ccccc1. The molecular weight excluding hydrogens is 374 g/mol. The molecule has 0 aliphatic carbocycles. The summed E-state index contributed by atoms with van der Waals surface area (Å²) in [6, 6.07) is 28.9. The van der Waals surface area contributed by atoms with Gasteiger partial charge in [0.05, 0.1) is 0 Å². The maximum absolute atomic E-state index is 13.2. The van der Waals surface area contributed by atoms with Gasteiger partial charge >= 0.3 is 5.97 Å². The van der Waals surface area contributed by atoms with E-state index in [1.54, 1.807) is 0 Å². The van der Waals surface area contributed by atoms with Crippen molar-refractivity contribution in [3.05, 3.63) is 108 Å². The van der Waals surface area contributed by atoms with E-state index in [0.717, 1.165) is 23.0 Å². The Bertz CT molecular complexity index is 959. The van der Waals surface area contributed by atoms with Crippen LogP contribution >= 0.6 is 0 Å². The zero-order valence-corrected chi connectivity index (χ0v) is 16.8. The van der Waals surface area contributed by atoms with Crippen LogP contribution in [0.4, 0.5) is 0 Å². The molecule has 0 spiro atoms. The molecule has 4 heteroatoms. The maximum Gasteiger partial charge on any atom is 0.328 e. The zero-order valence-electron chi connectivity index (χ0n) is 16.8. The Labute approximate surface area is 177 Å². The van der Waals surface area contributed by atoms with Gasteiger partial charge < -0.3 is 9.53 Å². The highest BCUT2D eigenvalue weighted by atomic mass is 16.5. The van der Waals surface area contributed by atoms with E-state index in [2.05, 4.69) is 17.0 Å². The highest BCUT2D eigenvalue weighted by molar-refractivity contribution is 5.78. The van der Waals surface area contributed by atoms with E-state index in [1.165, 1.54) is 0 Å². The minimum absolute atomic E-state index is 0.0665. The minimum Gasteiger partial charge on any atom is -0.459 e. The third-order valence-electron chi connectivity index (χ3n) is 5.72. The standard InChI is InChI=1S/C26H25NO3/c28-18-23-16-27(17-24(23)21-12-6-2-7-13-21)25(22-14-8-3-9-15-22)26(29)30-19-20-10-4-1-5-11-20/h1-15,18,23-25H,16-17,19H2/t23-,24-,25-/m1/s1. The van der Waals surface area contributed by atoms with E-state index in [-0.39, 0.29) is 24.4 Å². The number of nitrogens with zero attached hydrogens (tertiary/aromatic N) is 1. The summed E-state index contributed by atoms with van der Waals surface area (Å²) in [5.74, 6) is -0.374. The van der Waals surface area contributed by atoms with Crippen molar-refractivity contribution in [1.29, 1.82) is 0 Å². The van der Waals surface area contributed by atoms with Crippen LogP contribution in [0.2, 0.25) is 0 Å². The van der Waals surface area contributed by atoms with Gasteiger partial charge in [-0.25, -0.2) is 4.79 Å². The Morgan fingerprint density at radius 1 is 0.900 bits per heavy atom. The topological polar surface area (TPSA) is 46.6 Å². The summed E-state index contributed by atoms with van der Waals surface area (Å²) < 4.78 is 5.70. The lowest BCUT2D eigenvalue weighted by atomic mass is 9.90. The van der Waals surface area contributed by atoms with Crippen LogP contribution in [-0.4, -0.2) is 30.2 Å². The van der Waals surface area contributed by atoms with Crippen LogP contribution in [0.15, 0.2) is 91.0 Å². The molecule has 1 saturated heterocycles. The van der Waals surface area contributed by atoms with Gasteiger partial charge in [-0.05, 0) is 16.7 Å². The molecule has 4 nitrogen and oxygen atoms in total. The van der Waals surface area contributed by atoms with Gasteiger partial charge in [0.25, 0.3) is 0 Å². The van der Waals surface area contributed by atoms with Crippen molar-refractivity contribution in [2.45, 2.75) is 18.6 Å². The first-order valence-electron chi connectivity index (χ1n) is 10.3. The number of carbonyl (C=O) groups is 2. The second kappa shape index (κ2) is 9.51. The lowest BCUT2D eigenvalue weighted by Gasteiger charge is -2.26. The summed E-state index contributed by atoms with van der Waals surface area (Å²) >= 11 is 0. The van der Waals surface area contributed by atoms with Gasteiger partial charge in [0.1, 0.15) is 18.9 Å². The first-order chi connectivity index (χ1) is 14.8. The molecule has 30 heavy (non-hydrogen) atoms. The van der Waals surface area contributed by atoms with Gasteiger partial charge in [-0.2, -0.15) is 0 Å². The van der Waals surface area contributed by atoms with E-state index in [4.69, 9.17) is 4.74 Å². The van der Waals surface area contributed by atoms with Crippen LogP contribution in [0.3, 0.4) is 0 Å². The molecule has 1 fully saturated rings. The number of carbonyl (C=O) groups excluding carboxylic acids is 2. The van der Waals surface area contributed by atoms with Crippen LogP contribution in [0.25, 0.3) is 0 Å². The molecule has 152 valence electrons. The van der Waals surface area contributed by atoms with Crippen LogP contribution in [0.1, 0.15) is 28.7 Å². The third kappa shape index (κ3) is 4.50. The summed E-state index contributed by atoms with van der Waals surface area (Å²) in [6.07, 6.45) is 1.02. The van der Waals surface area contributed by atoms with Crippen molar-refractivity contribution in [2.75, 3.05) is 13.1 Å². The van der Waals surface area contributed by atoms with Gasteiger partial charge in [0.15, 0.2) is 0 Å². The number of aldehydes is 1. The van der Waals surface area contributed by atoms with E-state index < -0.39 is 6.04 Å². The molecule has 0 aromatic heterocycles. The predicted molar refractivity (Wildman–Crippen MR) is 116 cm³/mol. The second-order valence-corrected chi connectivity index (χ2v) is 7.68. The first kappa shape index (κ1) is 20.0. The Morgan fingerprint density at radius 3 is 2.13 bits per heavy atom. The van der Waals surface area contributed by atoms with E-state index in [9.17, 15) is 9.59 Å². The summed E-state index contributed by atoms with van der Waals surface area (Å²) in [5, 5.41) is 0. The minimum atomic E-state index is -0.536. The van der Waals surface area contributed by atoms with Gasteiger partial charge in [0, 0.05) is 24.9 Å². The Balaban J connectivity index is 1.57. The zero-order chi connectivity index (χ0) is 20.8. The predicted octanol–water partition coefficient (Wildman–Crippen LogP) is 4.39. The Kier molecular flexibility index (Phi) is 6.35.